The van der Waals surface area contributed by atoms with E-state index in [9.17, 15) is 0 Å². The summed E-state index contributed by atoms with van der Waals surface area (Å²) in [6.07, 6.45) is 0. The topological polar surface area (TPSA) is 66.7 Å². The zero-order valence-corrected chi connectivity index (χ0v) is 17.2. The molecule has 0 radical (unpaired) electrons. The number of nitrogens with zero attached hydrogens (tertiary/aromatic N) is 1. The predicted octanol–water partition coefficient (Wildman–Crippen LogP) is 5.83. The Kier molecular flexibility index (Phi) is 5.05. The lowest BCUT2D eigenvalue weighted by Gasteiger charge is -2.07. The minimum atomic E-state index is 0.796. The molecule has 0 saturated carbocycles. The number of anilines is 1. The van der Waals surface area contributed by atoms with Gasteiger partial charge in [0.25, 0.3) is 0 Å². The second-order valence-corrected chi connectivity index (χ2v) is 8.40. The molecule has 5 rings (SSSR count). The number of benzene rings is 3. The molecule has 148 valence electrons. The number of nitrogens with two attached hydrogens (primary N) is 1. The van der Waals surface area contributed by atoms with Gasteiger partial charge in [0.1, 0.15) is 5.82 Å². The van der Waals surface area contributed by atoms with Crippen LogP contribution in [0.5, 0.6) is 0 Å². The number of imidazole rings is 1. The molecule has 2 aromatic heterocycles. The quantitative estimate of drug-likeness (QED) is 0.309. The second-order valence-electron chi connectivity index (χ2n) is 7.32. The minimum Gasteiger partial charge on any atom is -0.399 e. The van der Waals surface area contributed by atoms with Gasteiger partial charge in [-0.1, -0.05) is 42.5 Å². The molecule has 4 nitrogen and oxygen atoms in total. The Morgan fingerprint density at radius 1 is 0.800 bits per heavy atom. The summed E-state index contributed by atoms with van der Waals surface area (Å²) in [7, 11) is 0. The van der Waals surface area contributed by atoms with Crippen LogP contribution in [0.4, 0.5) is 5.69 Å². The smallest absolute Gasteiger partial charge is 0.148 e. The molecule has 2 heterocycles. The molecule has 0 aliphatic heterocycles. The van der Waals surface area contributed by atoms with Gasteiger partial charge in [0.05, 0.1) is 15.9 Å². The number of rotatable bonds is 6. The molecule has 0 spiro atoms. The number of aromatic amines is 1. The van der Waals surface area contributed by atoms with E-state index < -0.39 is 0 Å². The number of fused-ring (bicyclic) bond motifs is 1. The molecule has 0 unspecified atom stereocenters. The van der Waals surface area contributed by atoms with Gasteiger partial charge in [-0.25, -0.2) is 4.98 Å². The average Bonchev–Trinajstić information content (AvgIpc) is 3.41. The van der Waals surface area contributed by atoms with Gasteiger partial charge in [0.2, 0.25) is 0 Å². The third kappa shape index (κ3) is 3.99. The number of nitrogens with one attached hydrogen (secondary N) is 2. The van der Waals surface area contributed by atoms with Crippen LogP contribution >= 0.6 is 11.3 Å². The summed E-state index contributed by atoms with van der Waals surface area (Å²) in [5, 5.41) is 3.50. The van der Waals surface area contributed by atoms with E-state index in [0.717, 1.165) is 40.5 Å². The first kappa shape index (κ1) is 18.6. The summed E-state index contributed by atoms with van der Waals surface area (Å²) in [5.41, 5.74) is 12.4. The molecule has 0 fully saturated rings. The monoisotopic (exact) mass is 410 g/mol. The molecule has 0 saturated heterocycles. The van der Waals surface area contributed by atoms with Gasteiger partial charge in [-0.2, -0.15) is 0 Å². The van der Waals surface area contributed by atoms with Gasteiger partial charge in [0, 0.05) is 23.7 Å². The van der Waals surface area contributed by atoms with Gasteiger partial charge in [-0.3, -0.25) is 0 Å². The Morgan fingerprint density at radius 3 is 2.40 bits per heavy atom. The fourth-order valence-corrected chi connectivity index (χ4v) is 4.53. The van der Waals surface area contributed by atoms with Crippen LogP contribution in [0.1, 0.15) is 11.1 Å². The molecular weight excluding hydrogens is 388 g/mol. The Balaban J connectivity index is 1.30. The maximum atomic E-state index is 5.86. The third-order valence-corrected chi connectivity index (χ3v) is 6.19. The SMILES string of the molecule is Nc1cccc(CNCc2cccc(-c3ccc(-c4nc5ccccc5[nH]4)s3)c2)c1. The number of hydrogen-bond acceptors (Lipinski definition) is 4. The first-order valence-electron chi connectivity index (χ1n) is 9.94. The van der Waals surface area contributed by atoms with E-state index in [1.54, 1.807) is 11.3 Å². The maximum Gasteiger partial charge on any atom is 0.148 e. The standard InChI is InChI=1S/C25H22N4S/c26-20-8-4-6-18(14-20)16-27-15-17-5-3-7-19(13-17)23-11-12-24(30-23)25-28-21-9-1-2-10-22(21)29-25/h1-14,27H,15-16,26H2,(H,28,29). The number of nitrogen functional groups attached to an aromatic ring is 1. The van der Waals surface area contributed by atoms with Crippen LogP contribution in [-0.4, -0.2) is 9.97 Å². The first-order valence-corrected chi connectivity index (χ1v) is 10.8. The van der Waals surface area contributed by atoms with Gasteiger partial charge in [0.15, 0.2) is 0 Å². The van der Waals surface area contributed by atoms with Gasteiger partial charge in [-0.15, -0.1) is 11.3 Å². The molecule has 0 atom stereocenters. The summed E-state index contributed by atoms with van der Waals surface area (Å²) < 4.78 is 0. The number of para-hydroxylation sites is 2. The molecule has 3 aromatic carbocycles. The highest BCUT2D eigenvalue weighted by atomic mass is 32.1. The molecule has 0 aliphatic carbocycles. The van der Waals surface area contributed by atoms with Crippen LogP contribution in [0, 0.1) is 0 Å². The highest BCUT2D eigenvalue weighted by Crippen LogP contribution is 2.34. The lowest BCUT2D eigenvalue weighted by Crippen LogP contribution is -2.12. The Hall–Kier alpha value is -3.41. The van der Waals surface area contributed by atoms with E-state index in [1.165, 1.54) is 21.6 Å². The lowest BCUT2D eigenvalue weighted by molar-refractivity contribution is 0.694. The molecule has 0 aliphatic rings. The fourth-order valence-electron chi connectivity index (χ4n) is 3.58. The van der Waals surface area contributed by atoms with E-state index in [0.29, 0.717) is 0 Å². The Morgan fingerprint density at radius 2 is 1.57 bits per heavy atom. The van der Waals surface area contributed by atoms with Crippen LogP contribution in [0.25, 0.3) is 32.2 Å². The maximum absolute atomic E-state index is 5.86. The molecule has 0 amide bonds. The van der Waals surface area contributed by atoms with Gasteiger partial charge < -0.3 is 16.0 Å². The third-order valence-electron chi connectivity index (χ3n) is 5.05. The normalized spacial score (nSPS) is 11.2. The van der Waals surface area contributed by atoms with E-state index in [4.69, 9.17) is 10.7 Å². The molecule has 0 bridgehead atoms. The summed E-state index contributed by atoms with van der Waals surface area (Å²) >= 11 is 1.76. The van der Waals surface area contributed by atoms with Crippen LogP contribution in [-0.2, 0) is 13.1 Å². The van der Waals surface area contributed by atoms with Crippen molar-refractivity contribution in [1.82, 2.24) is 15.3 Å². The minimum absolute atomic E-state index is 0.796. The van der Waals surface area contributed by atoms with Crippen molar-refractivity contribution in [2.24, 2.45) is 0 Å². The lowest BCUT2D eigenvalue weighted by atomic mass is 10.1. The van der Waals surface area contributed by atoms with E-state index in [2.05, 4.69) is 58.8 Å². The van der Waals surface area contributed by atoms with Crippen molar-refractivity contribution in [3.05, 3.63) is 96.1 Å². The summed E-state index contributed by atoms with van der Waals surface area (Å²) in [6.45, 7) is 1.61. The van der Waals surface area contributed by atoms with Crippen molar-refractivity contribution in [3.63, 3.8) is 0 Å². The predicted molar refractivity (Wildman–Crippen MR) is 126 cm³/mol. The second kappa shape index (κ2) is 8.14. The number of hydrogen-bond donors (Lipinski definition) is 3. The highest BCUT2D eigenvalue weighted by molar-refractivity contribution is 7.18. The summed E-state index contributed by atoms with van der Waals surface area (Å²) in [4.78, 5) is 10.5. The molecule has 5 aromatic rings. The van der Waals surface area contributed by atoms with Crippen LogP contribution in [0.15, 0.2) is 84.9 Å². The van der Waals surface area contributed by atoms with Crippen LogP contribution in [0.3, 0.4) is 0 Å². The van der Waals surface area contributed by atoms with E-state index in [-0.39, 0.29) is 0 Å². The van der Waals surface area contributed by atoms with Crippen LogP contribution in [0.2, 0.25) is 0 Å². The molecule has 5 heteroatoms. The largest absolute Gasteiger partial charge is 0.399 e. The van der Waals surface area contributed by atoms with Crippen molar-refractivity contribution >= 4 is 28.1 Å². The Labute approximate surface area is 179 Å². The zero-order valence-electron chi connectivity index (χ0n) is 16.4. The number of thiophene rings is 1. The van der Waals surface area contributed by atoms with Crippen molar-refractivity contribution in [1.29, 1.82) is 0 Å². The van der Waals surface area contributed by atoms with Crippen molar-refractivity contribution < 1.29 is 0 Å². The van der Waals surface area contributed by atoms with Crippen molar-refractivity contribution in [2.75, 3.05) is 5.73 Å². The highest BCUT2D eigenvalue weighted by Gasteiger charge is 2.09. The van der Waals surface area contributed by atoms with E-state index >= 15 is 0 Å². The number of aromatic nitrogens is 2. The Bertz CT molecular complexity index is 1270. The van der Waals surface area contributed by atoms with Gasteiger partial charge >= 0.3 is 0 Å². The molecule has 30 heavy (non-hydrogen) atoms. The first-order chi connectivity index (χ1) is 14.7. The van der Waals surface area contributed by atoms with Gasteiger partial charge in [-0.05, 0) is 59.2 Å². The molecule has 4 N–H and O–H groups in total. The van der Waals surface area contributed by atoms with E-state index in [1.807, 2.05) is 36.4 Å². The molecular formula is C25H22N4S. The van der Waals surface area contributed by atoms with Crippen molar-refractivity contribution in [3.8, 4) is 21.1 Å². The summed E-state index contributed by atoms with van der Waals surface area (Å²) in [6, 6.07) is 29.1. The van der Waals surface area contributed by atoms with Crippen molar-refractivity contribution in [2.45, 2.75) is 13.1 Å². The van der Waals surface area contributed by atoms with Crippen LogP contribution < -0.4 is 11.1 Å². The number of H-pyrrole nitrogens is 1. The average molecular weight is 411 g/mol. The summed E-state index contributed by atoms with van der Waals surface area (Å²) in [5.74, 6) is 0.924. The zero-order chi connectivity index (χ0) is 20.3. The fraction of sp³-hybridized carbons (Fsp3) is 0.0800.